The van der Waals surface area contributed by atoms with E-state index >= 15 is 0 Å². The van der Waals surface area contributed by atoms with Gasteiger partial charge in [-0.25, -0.2) is 4.79 Å². The van der Waals surface area contributed by atoms with Crippen LogP contribution in [-0.4, -0.2) is 50.8 Å². The molecule has 104 valence electrons. The van der Waals surface area contributed by atoms with E-state index in [4.69, 9.17) is 4.74 Å². The number of carbonyl (C=O) groups is 2. The molecule has 18 heavy (non-hydrogen) atoms. The van der Waals surface area contributed by atoms with Gasteiger partial charge in [0.15, 0.2) is 0 Å². The third kappa shape index (κ3) is 5.46. The van der Waals surface area contributed by atoms with Gasteiger partial charge in [0.2, 0.25) is 5.91 Å². The summed E-state index contributed by atoms with van der Waals surface area (Å²) in [5, 5.41) is 5.81. The van der Waals surface area contributed by atoms with Crippen molar-refractivity contribution in [2.75, 3.05) is 26.8 Å². The van der Waals surface area contributed by atoms with Gasteiger partial charge in [0, 0.05) is 6.42 Å². The van der Waals surface area contributed by atoms with E-state index in [9.17, 15) is 9.59 Å². The van der Waals surface area contributed by atoms with Crippen molar-refractivity contribution in [2.24, 2.45) is 0 Å². The number of rotatable bonds is 6. The molecular formula is C12H22N2O4. The summed E-state index contributed by atoms with van der Waals surface area (Å²) in [6.45, 7) is 3.92. The van der Waals surface area contributed by atoms with Gasteiger partial charge in [-0.05, 0) is 32.9 Å². The lowest BCUT2D eigenvalue weighted by Crippen LogP contribution is -2.39. The van der Waals surface area contributed by atoms with Crippen molar-refractivity contribution in [1.29, 1.82) is 0 Å². The first-order valence-corrected chi connectivity index (χ1v) is 6.33. The highest BCUT2D eigenvalue weighted by molar-refractivity contribution is 5.84. The molecule has 1 fully saturated rings. The minimum Gasteiger partial charge on any atom is -0.467 e. The molecule has 1 aliphatic rings. The van der Waals surface area contributed by atoms with Gasteiger partial charge in [0.05, 0.1) is 19.8 Å². The maximum absolute atomic E-state index is 11.5. The molecule has 0 radical (unpaired) electrons. The van der Waals surface area contributed by atoms with Crippen LogP contribution < -0.4 is 10.6 Å². The van der Waals surface area contributed by atoms with Gasteiger partial charge in [0.25, 0.3) is 0 Å². The third-order valence-electron chi connectivity index (χ3n) is 2.90. The number of esters is 1. The summed E-state index contributed by atoms with van der Waals surface area (Å²) in [7, 11) is 1.30. The predicted molar refractivity (Wildman–Crippen MR) is 66.1 cm³/mol. The Bertz CT molecular complexity index is 277. The second-order valence-corrected chi connectivity index (χ2v) is 4.38. The Morgan fingerprint density at radius 1 is 1.39 bits per heavy atom. The molecule has 1 heterocycles. The topological polar surface area (TPSA) is 76.7 Å². The molecule has 0 aliphatic carbocycles. The molecule has 1 atom stereocenters. The summed E-state index contributed by atoms with van der Waals surface area (Å²) in [5.74, 6) is -0.635. The van der Waals surface area contributed by atoms with Crippen LogP contribution in [-0.2, 0) is 19.1 Å². The lowest BCUT2D eigenvalue weighted by Gasteiger charge is -2.22. The summed E-state index contributed by atoms with van der Waals surface area (Å²) in [4.78, 5) is 22.6. The molecule has 0 aromatic carbocycles. The van der Waals surface area contributed by atoms with Crippen LogP contribution in [0.2, 0.25) is 0 Å². The molecule has 0 aromatic heterocycles. The average molecular weight is 258 g/mol. The van der Waals surface area contributed by atoms with Gasteiger partial charge in [0.1, 0.15) is 6.04 Å². The molecule has 1 aliphatic heterocycles. The number of hydrogen-bond donors (Lipinski definition) is 2. The van der Waals surface area contributed by atoms with E-state index in [1.54, 1.807) is 6.92 Å². The van der Waals surface area contributed by atoms with Crippen molar-refractivity contribution in [1.82, 2.24) is 10.6 Å². The standard InChI is InChI=1S/C12H22N2O4/c1-9(12(16)17-2)14-11(15)5-8-18-10-3-6-13-7-4-10/h9-10,13H,3-8H2,1-2H3,(H,14,15). The largest absolute Gasteiger partial charge is 0.467 e. The average Bonchev–Trinajstić information content (AvgIpc) is 2.38. The molecule has 1 rings (SSSR count). The first-order valence-electron chi connectivity index (χ1n) is 6.33. The van der Waals surface area contributed by atoms with Gasteiger partial charge in [-0.3, -0.25) is 4.79 Å². The van der Waals surface area contributed by atoms with Crippen molar-refractivity contribution in [2.45, 2.75) is 38.3 Å². The van der Waals surface area contributed by atoms with Crippen LogP contribution in [0, 0.1) is 0 Å². The fourth-order valence-electron chi connectivity index (χ4n) is 1.83. The number of carbonyl (C=O) groups excluding carboxylic acids is 2. The molecule has 1 saturated heterocycles. The van der Waals surface area contributed by atoms with Crippen molar-refractivity contribution in [3.8, 4) is 0 Å². The maximum Gasteiger partial charge on any atom is 0.328 e. The molecule has 0 aromatic rings. The highest BCUT2D eigenvalue weighted by atomic mass is 16.5. The number of hydrogen-bond acceptors (Lipinski definition) is 5. The van der Waals surface area contributed by atoms with Crippen molar-refractivity contribution < 1.29 is 19.1 Å². The molecule has 6 nitrogen and oxygen atoms in total. The highest BCUT2D eigenvalue weighted by Crippen LogP contribution is 2.07. The molecule has 0 bridgehead atoms. The van der Waals surface area contributed by atoms with Crippen LogP contribution in [0.1, 0.15) is 26.2 Å². The van der Waals surface area contributed by atoms with Gasteiger partial charge in [-0.15, -0.1) is 0 Å². The molecule has 0 spiro atoms. The maximum atomic E-state index is 11.5. The van der Waals surface area contributed by atoms with E-state index in [0.29, 0.717) is 6.61 Å². The second-order valence-electron chi connectivity index (χ2n) is 4.38. The first kappa shape index (κ1) is 14.9. The number of amides is 1. The Labute approximate surface area is 107 Å². The normalized spacial score (nSPS) is 18.1. The summed E-state index contributed by atoms with van der Waals surface area (Å²) in [5.41, 5.74) is 0. The fraction of sp³-hybridized carbons (Fsp3) is 0.833. The van der Waals surface area contributed by atoms with E-state index in [2.05, 4.69) is 15.4 Å². The van der Waals surface area contributed by atoms with Crippen LogP contribution in [0.25, 0.3) is 0 Å². The van der Waals surface area contributed by atoms with Gasteiger partial charge < -0.3 is 20.1 Å². The molecule has 0 saturated carbocycles. The highest BCUT2D eigenvalue weighted by Gasteiger charge is 2.17. The summed E-state index contributed by atoms with van der Waals surface area (Å²) < 4.78 is 10.1. The number of ether oxygens (including phenoxy) is 2. The number of methoxy groups -OCH3 is 1. The molecule has 2 N–H and O–H groups in total. The lowest BCUT2D eigenvalue weighted by molar-refractivity contribution is -0.144. The predicted octanol–water partition coefficient (Wildman–Crippen LogP) is -0.177. The van der Waals surface area contributed by atoms with Crippen LogP contribution in [0.3, 0.4) is 0 Å². The summed E-state index contributed by atoms with van der Waals surface area (Å²) >= 11 is 0. The zero-order valence-corrected chi connectivity index (χ0v) is 11.0. The second kappa shape index (κ2) is 8.05. The van der Waals surface area contributed by atoms with E-state index in [1.807, 2.05) is 0 Å². The van der Waals surface area contributed by atoms with Crippen LogP contribution >= 0.6 is 0 Å². The summed E-state index contributed by atoms with van der Waals surface area (Å²) in [6.07, 6.45) is 2.49. The van der Waals surface area contributed by atoms with Crippen LogP contribution in [0.15, 0.2) is 0 Å². The van der Waals surface area contributed by atoms with Crippen molar-refractivity contribution >= 4 is 11.9 Å². The van der Waals surface area contributed by atoms with Gasteiger partial charge in [-0.2, -0.15) is 0 Å². The minimum atomic E-state index is -0.610. The van der Waals surface area contributed by atoms with E-state index in [-0.39, 0.29) is 18.4 Å². The third-order valence-corrected chi connectivity index (χ3v) is 2.90. The zero-order chi connectivity index (χ0) is 13.4. The van der Waals surface area contributed by atoms with Gasteiger partial charge >= 0.3 is 5.97 Å². The molecule has 6 heteroatoms. The van der Waals surface area contributed by atoms with E-state index in [0.717, 1.165) is 25.9 Å². The van der Waals surface area contributed by atoms with E-state index < -0.39 is 12.0 Å². The fourth-order valence-corrected chi connectivity index (χ4v) is 1.83. The lowest BCUT2D eigenvalue weighted by atomic mass is 10.1. The number of nitrogens with one attached hydrogen (secondary N) is 2. The Hall–Kier alpha value is -1.14. The van der Waals surface area contributed by atoms with Crippen molar-refractivity contribution in [3.05, 3.63) is 0 Å². The first-order chi connectivity index (χ1) is 8.63. The van der Waals surface area contributed by atoms with E-state index in [1.165, 1.54) is 7.11 Å². The quantitative estimate of drug-likeness (QED) is 0.646. The number of piperidine rings is 1. The van der Waals surface area contributed by atoms with Gasteiger partial charge in [-0.1, -0.05) is 0 Å². The Morgan fingerprint density at radius 3 is 2.67 bits per heavy atom. The summed E-state index contributed by atoms with van der Waals surface area (Å²) in [6, 6.07) is -0.610. The van der Waals surface area contributed by atoms with Crippen LogP contribution in [0.5, 0.6) is 0 Å². The zero-order valence-electron chi connectivity index (χ0n) is 11.0. The Balaban J connectivity index is 2.11. The smallest absolute Gasteiger partial charge is 0.328 e. The van der Waals surface area contributed by atoms with Crippen LogP contribution in [0.4, 0.5) is 0 Å². The molecular weight excluding hydrogens is 236 g/mol. The monoisotopic (exact) mass is 258 g/mol. The molecule has 1 amide bonds. The minimum absolute atomic E-state index is 0.193. The SMILES string of the molecule is COC(=O)C(C)NC(=O)CCOC1CCNCC1. The molecule has 1 unspecified atom stereocenters. The Kier molecular flexibility index (Phi) is 6.67. The van der Waals surface area contributed by atoms with Crippen molar-refractivity contribution in [3.63, 3.8) is 0 Å². The Morgan fingerprint density at radius 2 is 2.06 bits per heavy atom.